The van der Waals surface area contributed by atoms with E-state index < -0.39 is 5.25 Å². The van der Waals surface area contributed by atoms with Crippen molar-refractivity contribution in [3.63, 3.8) is 0 Å². The first-order valence-electron chi connectivity index (χ1n) is 9.10. The summed E-state index contributed by atoms with van der Waals surface area (Å²) in [6.07, 6.45) is 0. The molecule has 0 aliphatic heterocycles. The first kappa shape index (κ1) is 22.3. The molecule has 8 nitrogen and oxygen atoms in total. The minimum atomic E-state index is -0.399. The summed E-state index contributed by atoms with van der Waals surface area (Å²) in [4.78, 5) is 29.1. The van der Waals surface area contributed by atoms with Crippen LogP contribution in [0.3, 0.4) is 0 Å². The van der Waals surface area contributed by atoms with Gasteiger partial charge in [0.25, 0.3) is 5.91 Å². The predicted octanol–water partition coefficient (Wildman–Crippen LogP) is 3.84. The smallest absolute Gasteiger partial charge is 0.251 e. The zero-order valence-electron chi connectivity index (χ0n) is 16.8. The molecule has 2 amide bonds. The lowest BCUT2D eigenvalue weighted by Gasteiger charge is -2.14. The molecule has 2 aromatic heterocycles. The van der Waals surface area contributed by atoms with Gasteiger partial charge in [0, 0.05) is 23.0 Å². The largest absolute Gasteiger partial charge is 0.342 e. The first-order chi connectivity index (χ1) is 14.2. The maximum absolute atomic E-state index is 12.4. The molecule has 0 bridgehead atoms. The fourth-order valence-corrected chi connectivity index (χ4v) is 4.22. The fourth-order valence-electron chi connectivity index (χ4n) is 2.58. The maximum Gasteiger partial charge on any atom is 0.251 e. The molecule has 2 N–H and O–H groups in total. The van der Waals surface area contributed by atoms with Crippen molar-refractivity contribution < 1.29 is 9.59 Å². The molecular weight excluding hydrogens is 444 g/mol. The van der Waals surface area contributed by atoms with Crippen LogP contribution in [0.1, 0.15) is 41.8 Å². The van der Waals surface area contributed by atoms with Gasteiger partial charge in [0.1, 0.15) is 0 Å². The van der Waals surface area contributed by atoms with E-state index >= 15 is 0 Å². The molecule has 2 atom stereocenters. The summed E-state index contributed by atoms with van der Waals surface area (Å²) in [7, 11) is 1.80. The number of rotatable bonds is 7. The van der Waals surface area contributed by atoms with E-state index in [2.05, 4.69) is 25.8 Å². The lowest BCUT2D eigenvalue weighted by atomic mass is 10.2. The van der Waals surface area contributed by atoms with Crippen molar-refractivity contribution in [1.82, 2.24) is 25.1 Å². The zero-order chi connectivity index (χ0) is 21.8. The number of carbonyl (C=O) groups is 2. The summed E-state index contributed by atoms with van der Waals surface area (Å²) in [5.74, 6) is 0.189. The highest BCUT2D eigenvalue weighted by Gasteiger charge is 2.22. The lowest BCUT2D eigenvalue weighted by Crippen LogP contribution is -2.28. The third-order valence-corrected chi connectivity index (χ3v) is 6.47. The number of nitrogens with zero attached hydrogens (tertiary/aromatic N) is 4. The normalized spacial score (nSPS) is 13.0. The molecule has 3 rings (SSSR count). The molecule has 158 valence electrons. The number of aryl methyl sites for hydroxylation is 1. The van der Waals surface area contributed by atoms with Gasteiger partial charge in [-0.25, -0.2) is 4.98 Å². The Morgan fingerprint density at radius 3 is 2.53 bits per heavy atom. The summed E-state index contributed by atoms with van der Waals surface area (Å²) in [6.45, 7) is 5.49. The van der Waals surface area contributed by atoms with Crippen molar-refractivity contribution in [3.8, 4) is 0 Å². The fraction of sp³-hybridized carbons (Fsp3) is 0.316. The van der Waals surface area contributed by atoms with Gasteiger partial charge in [-0.2, -0.15) is 0 Å². The average Bonchev–Trinajstić information content (AvgIpc) is 3.27. The van der Waals surface area contributed by atoms with E-state index in [-0.39, 0.29) is 17.9 Å². The molecule has 0 saturated carbocycles. The van der Waals surface area contributed by atoms with Gasteiger partial charge in [0.2, 0.25) is 5.91 Å². The van der Waals surface area contributed by atoms with Crippen LogP contribution in [0.2, 0.25) is 5.02 Å². The van der Waals surface area contributed by atoms with Crippen LogP contribution < -0.4 is 10.6 Å². The van der Waals surface area contributed by atoms with Gasteiger partial charge in [-0.1, -0.05) is 23.4 Å². The Balaban J connectivity index is 1.62. The SMILES string of the molecule is Cc1csc(NC(=O)C(C)Sc2nnc(C(C)NC(=O)c3ccc(Cl)cc3)n2C)n1. The number of benzene rings is 1. The van der Waals surface area contributed by atoms with Gasteiger partial charge in [-0.3, -0.25) is 9.59 Å². The molecule has 2 unspecified atom stereocenters. The van der Waals surface area contributed by atoms with Crippen molar-refractivity contribution >= 4 is 51.6 Å². The van der Waals surface area contributed by atoms with Crippen molar-refractivity contribution in [1.29, 1.82) is 0 Å². The van der Waals surface area contributed by atoms with Crippen LogP contribution >= 0.6 is 34.7 Å². The standard InChI is InChI=1S/C19H21ClN6O2S2/c1-10-9-29-18(21-10)23-16(27)12(3)30-19-25-24-15(26(19)4)11(2)22-17(28)13-5-7-14(20)8-6-13/h5-9,11-12H,1-4H3,(H,22,28)(H,21,23,27). The number of nitrogens with one attached hydrogen (secondary N) is 2. The molecule has 1 aromatic carbocycles. The van der Waals surface area contributed by atoms with E-state index in [1.165, 1.54) is 23.1 Å². The van der Waals surface area contributed by atoms with E-state index in [4.69, 9.17) is 11.6 Å². The van der Waals surface area contributed by atoms with Crippen LogP contribution in [-0.4, -0.2) is 36.8 Å². The summed E-state index contributed by atoms with van der Waals surface area (Å²) in [5.41, 5.74) is 1.37. The Morgan fingerprint density at radius 1 is 1.20 bits per heavy atom. The molecule has 11 heteroatoms. The molecular formula is C19H21ClN6O2S2. The van der Waals surface area contributed by atoms with E-state index in [9.17, 15) is 9.59 Å². The minimum Gasteiger partial charge on any atom is -0.342 e. The molecule has 0 saturated heterocycles. The third kappa shape index (κ3) is 5.38. The second kappa shape index (κ2) is 9.59. The first-order valence-corrected chi connectivity index (χ1v) is 11.2. The van der Waals surface area contributed by atoms with Crippen LogP contribution in [0, 0.1) is 6.92 Å². The zero-order valence-corrected chi connectivity index (χ0v) is 19.2. The Labute approximate surface area is 187 Å². The number of carbonyl (C=O) groups excluding carboxylic acids is 2. The summed E-state index contributed by atoms with van der Waals surface area (Å²) in [6, 6.07) is 6.27. The van der Waals surface area contributed by atoms with Crippen molar-refractivity contribution in [2.24, 2.45) is 7.05 Å². The van der Waals surface area contributed by atoms with Gasteiger partial charge >= 0.3 is 0 Å². The molecule has 0 spiro atoms. The number of thiazole rings is 1. The minimum absolute atomic E-state index is 0.164. The Morgan fingerprint density at radius 2 is 1.90 bits per heavy atom. The molecule has 3 aromatic rings. The van der Waals surface area contributed by atoms with Gasteiger partial charge < -0.3 is 15.2 Å². The van der Waals surface area contributed by atoms with Crippen LogP contribution in [0.25, 0.3) is 0 Å². The molecule has 2 heterocycles. The predicted molar refractivity (Wildman–Crippen MR) is 119 cm³/mol. The van der Waals surface area contributed by atoms with Crippen LogP contribution in [0.4, 0.5) is 5.13 Å². The third-order valence-electron chi connectivity index (χ3n) is 4.21. The molecule has 0 fully saturated rings. The Bertz CT molecular complexity index is 1050. The number of hydrogen-bond donors (Lipinski definition) is 2. The molecule has 30 heavy (non-hydrogen) atoms. The van der Waals surface area contributed by atoms with E-state index in [1.54, 1.807) is 42.8 Å². The van der Waals surface area contributed by atoms with Crippen molar-refractivity contribution in [2.75, 3.05) is 5.32 Å². The summed E-state index contributed by atoms with van der Waals surface area (Å²) in [5, 5.41) is 17.3. The van der Waals surface area contributed by atoms with Gasteiger partial charge in [0.15, 0.2) is 16.1 Å². The van der Waals surface area contributed by atoms with Gasteiger partial charge in [-0.05, 0) is 45.0 Å². The number of hydrogen-bond acceptors (Lipinski definition) is 7. The highest BCUT2D eigenvalue weighted by atomic mass is 35.5. The summed E-state index contributed by atoms with van der Waals surface area (Å²) < 4.78 is 1.77. The second-order valence-corrected chi connectivity index (χ2v) is 9.25. The average molecular weight is 465 g/mol. The van der Waals surface area contributed by atoms with Crippen LogP contribution in [0.5, 0.6) is 0 Å². The molecule has 0 radical (unpaired) electrons. The Kier molecular flexibility index (Phi) is 7.11. The van der Waals surface area contributed by atoms with E-state index in [0.29, 0.717) is 26.7 Å². The number of aromatic nitrogens is 4. The molecule has 0 aliphatic carbocycles. The van der Waals surface area contributed by atoms with E-state index in [1.807, 2.05) is 19.2 Å². The number of amides is 2. The molecule has 0 aliphatic rings. The van der Waals surface area contributed by atoms with Crippen LogP contribution in [0.15, 0.2) is 34.8 Å². The van der Waals surface area contributed by atoms with Crippen molar-refractivity contribution in [2.45, 2.75) is 37.2 Å². The van der Waals surface area contributed by atoms with E-state index in [0.717, 1.165) is 5.69 Å². The highest BCUT2D eigenvalue weighted by molar-refractivity contribution is 8.00. The number of thioether (sulfide) groups is 1. The lowest BCUT2D eigenvalue weighted by molar-refractivity contribution is -0.115. The summed E-state index contributed by atoms with van der Waals surface area (Å²) >= 11 is 8.54. The maximum atomic E-state index is 12.4. The van der Waals surface area contributed by atoms with Crippen molar-refractivity contribution in [3.05, 3.63) is 51.7 Å². The van der Waals surface area contributed by atoms with Crippen LogP contribution in [-0.2, 0) is 11.8 Å². The second-order valence-electron chi connectivity index (χ2n) is 6.65. The highest BCUT2D eigenvalue weighted by Crippen LogP contribution is 2.25. The number of anilines is 1. The monoisotopic (exact) mass is 464 g/mol. The van der Waals surface area contributed by atoms with Gasteiger partial charge in [0.05, 0.1) is 17.0 Å². The Hall–Kier alpha value is -2.43. The quantitative estimate of drug-likeness (QED) is 0.515. The van der Waals surface area contributed by atoms with Gasteiger partial charge in [-0.15, -0.1) is 21.5 Å². The topological polar surface area (TPSA) is 102 Å². The number of halogens is 1.